The fraction of sp³-hybridized carbons (Fsp3) is 0. The molecule has 0 aliphatic rings. The maximum atomic E-state index is 8.88. The highest BCUT2D eigenvalue weighted by Gasteiger charge is 2.00. The molecule has 8 N–H and O–H groups in total. The molecule has 0 unspecified atom stereocenters. The largest absolute Gasteiger partial charge is 0.631 e. The lowest BCUT2D eigenvalue weighted by molar-refractivity contribution is 0.274. The maximum absolute atomic E-state index is 8.88. The van der Waals surface area contributed by atoms with Crippen molar-refractivity contribution in [2.24, 2.45) is 0 Å². The van der Waals surface area contributed by atoms with Crippen LogP contribution in [0.4, 0.5) is 0 Å². The van der Waals surface area contributed by atoms with Crippen LogP contribution in [0.1, 0.15) is 0 Å². The van der Waals surface area contributed by atoms with E-state index in [9.17, 15) is 0 Å². The monoisotopic (exact) mass is 258 g/mol. The molecule has 0 rings (SSSR count). The van der Waals surface area contributed by atoms with Crippen molar-refractivity contribution in [3.05, 3.63) is 0 Å². The number of hydrogen-bond donors (Lipinski definition) is 8. The van der Waals surface area contributed by atoms with E-state index >= 15 is 0 Å². The van der Waals surface area contributed by atoms with E-state index in [1.165, 1.54) is 0 Å². The highest BCUT2D eigenvalue weighted by atomic mass is 32.3. The van der Waals surface area contributed by atoms with Gasteiger partial charge in [-0.1, -0.05) is 0 Å². The van der Waals surface area contributed by atoms with Crippen molar-refractivity contribution in [2.45, 2.75) is 0 Å². The van der Waals surface area contributed by atoms with Gasteiger partial charge in [0.1, 0.15) is 0 Å². The molecule has 0 spiro atoms. The SMILES string of the molecule is O=P(O)(O)O.O=S(=O)(O)O.OB(O)O. The van der Waals surface area contributed by atoms with E-state index in [4.69, 9.17) is 51.8 Å². The summed E-state index contributed by atoms with van der Waals surface area (Å²) in [5, 5.41) is 21.5. The van der Waals surface area contributed by atoms with E-state index in [1.807, 2.05) is 0 Å². The van der Waals surface area contributed by atoms with Gasteiger partial charge in [-0.15, -0.1) is 0 Å². The van der Waals surface area contributed by atoms with Gasteiger partial charge in [0.2, 0.25) is 0 Å². The van der Waals surface area contributed by atoms with Crippen molar-refractivity contribution in [1.29, 1.82) is 0 Å². The molecular weight excluding hydrogens is 250 g/mol. The molecule has 0 bridgehead atoms. The van der Waals surface area contributed by atoms with Gasteiger partial charge in [0.15, 0.2) is 0 Å². The van der Waals surface area contributed by atoms with E-state index in [2.05, 4.69) is 0 Å². The first-order valence-corrected chi connectivity index (χ1v) is 5.22. The van der Waals surface area contributed by atoms with Gasteiger partial charge in [-0.2, -0.15) is 8.42 Å². The van der Waals surface area contributed by atoms with Gasteiger partial charge in [0.25, 0.3) is 0 Å². The molecule has 88 valence electrons. The van der Waals surface area contributed by atoms with Crippen LogP contribution < -0.4 is 0 Å². The lowest BCUT2D eigenvalue weighted by Crippen LogP contribution is -2.07. The zero-order chi connectivity index (χ0) is 12.6. The molecule has 0 aromatic heterocycles. The topological polar surface area (TPSA) is 213 Å². The van der Waals surface area contributed by atoms with Crippen LogP contribution in [0.5, 0.6) is 0 Å². The van der Waals surface area contributed by atoms with Gasteiger partial charge in [-0.3, -0.25) is 9.11 Å². The molecule has 0 saturated heterocycles. The number of rotatable bonds is 0. The van der Waals surface area contributed by atoms with Crippen molar-refractivity contribution in [2.75, 3.05) is 0 Å². The molecule has 14 heavy (non-hydrogen) atoms. The summed E-state index contributed by atoms with van der Waals surface area (Å²) in [6.45, 7) is 0. The summed E-state index contributed by atoms with van der Waals surface area (Å²) in [5.74, 6) is 0. The van der Waals surface area contributed by atoms with Crippen molar-refractivity contribution in [3.8, 4) is 0 Å². The van der Waals surface area contributed by atoms with Gasteiger partial charge < -0.3 is 29.8 Å². The molecule has 0 radical (unpaired) electrons. The van der Waals surface area contributed by atoms with E-state index in [1.54, 1.807) is 0 Å². The molecule has 0 fully saturated rings. The van der Waals surface area contributed by atoms with Gasteiger partial charge in [0.05, 0.1) is 0 Å². The third-order valence-corrected chi connectivity index (χ3v) is 0. The van der Waals surface area contributed by atoms with E-state index < -0.39 is 25.5 Å². The second kappa shape index (κ2) is 8.25. The molecule has 0 aliphatic carbocycles. The summed E-state index contributed by atoms with van der Waals surface area (Å²) in [5.41, 5.74) is 0. The first kappa shape index (κ1) is 19.5. The molecule has 0 atom stereocenters. The Hall–Kier alpha value is -0.0751. The number of phosphoric acid groups is 1. The van der Waals surface area contributed by atoms with Gasteiger partial charge in [0, 0.05) is 0 Å². The van der Waals surface area contributed by atoms with Crippen LogP contribution in [-0.4, -0.2) is 54.6 Å². The molecule has 14 heteroatoms. The van der Waals surface area contributed by atoms with E-state index in [0.29, 0.717) is 0 Å². The third kappa shape index (κ3) is 253000. The lowest BCUT2D eigenvalue weighted by Gasteiger charge is -1.82. The second-order valence-corrected chi connectivity index (χ2v) is 3.23. The van der Waals surface area contributed by atoms with Crippen LogP contribution in [-0.2, 0) is 15.0 Å². The predicted octanol–water partition coefficient (Wildman–Crippen LogP) is -3.63. The molecule has 0 aromatic rings. The molecular formula is H8BO11PS. The molecule has 0 aliphatic heterocycles. The van der Waals surface area contributed by atoms with Crippen LogP contribution >= 0.6 is 7.82 Å². The minimum atomic E-state index is -4.67. The van der Waals surface area contributed by atoms with Crippen molar-refractivity contribution in [3.63, 3.8) is 0 Å². The van der Waals surface area contributed by atoms with Gasteiger partial charge in [-0.05, 0) is 0 Å². The van der Waals surface area contributed by atoms with Crippen molar-refractivity contribution >= 4 is 25.5 Å². The minimum absolute atomic E-state index is 2.17. The average Bonchev–Trinajstić information content (AvgIpc) is 1.45. The van der Waals surface area contributed by atoms with Crippen LogP contribution in [0.15, 0.2) is 0 Å². The maximum Gasteiger partial charge on any atom is 0.631 e. The number of hydrogen-bond acceptors (Lipinski definition) is 6. The second-order valence-electron chi connectivity index (χ2n) is 1.31. The van der Waals surface area contributed by atoms with Crippen LogP contribution in [0, 0.1) is 0 Å². The summed E-state index contributed by atoms with van der Waals surface area (Å²) >= 11 is 0. The Labute approximate surface area is 78.3 Å². The summed E-state index contributed by atoms with van der Waals surface area (Å²) in [7, 11) is -11.5. The zero-order valence-electron chi connectivity index (χ0n) is 6.24. The highest BCUT2D eigenvalue weighted by molar-refractivity contribution is 7.79. The van der Waals surface area contributed by atoms with Gasteiger partial charge in [-0.25, -0.2) is 4.57 Å². The Morgan fingerprint density at radius 2 is 0.929 bits per heavy atom. The van der Waals surface area contributed by atoms with Crippen LogP contribution in [0.3, 0.4) is 0 Å². The van der Waals surface area contributed by atoms with E-state index in [0.717, 1.165) is 0 Å². The fourth-order valence-corrected chi connectivity index (χ4v) is 0. The average molecular weight is 258 g/mol. The zero-order valence-corrected chi connectivity index (χ0v) is 7.95. The predicted molar refractivity (Wildman–Crippen MR) is 40.9 cm³/mol. The lowest BCUT2D eigenvalue weighted by atomic mass is 10.3. The summed E-state index contributed by atoms with van der Waals surface area (Å²) in [4.78, 5) is 21.6. The summed E-state index contributed by atoms with van der Waals surface area (Å²) in [6, 6.07) is 0. The quantitative estimate of drug-likeness (QED) is 0.120. The van der Waals surface area contributed by atoms with Crippen LogP contribution in [0.2, 0.25) is 0 Å². The standard InChI is InChI=1S/BH3O3.H3O4P.H2O4S/c2-1(3)4;2*1-5(2,3)4/h2-4H;(H3,1,2,3,4);(H2,1,2,3,4). The molecule has 0 heterocycles. The first-order chi connectivity index (χ1) is 5.73. The van der Waals surface area contributed by atoms with Crippen LogP contribution in [0.25, 0.3) is 0 Å². The summed E-state index contributed by atoms with van der Waals surface area (Å²) in [6.07, 6.45) is 0. The smallest absolute Gasteiger partial charge is 0.402 e. The van der Waals surface area contributed by atoms with Crippen molar-refractivity contribution in [1.82, 2.24) is 0 Å². The normalized spacial score (nSPS) is 10.3. The highest BCUT2D eigenvalue weighted by Crippen LogP contribution is 2.25. The summed E-state index contributed by atoms with van der Waals surface area (Å²) < 4.78 is 40.5. The molecule has 0 amide bonds. The van der Waals surface area contributed by atoms with E-state index in [-0.39, 0.29) is 0 Å². The van der Waals surface area contributed by atoms with Gasteiger partial charge >= 0.3 is 25.5 Å². The molecule has 0 saturated carbocycles. The Balaban J connectivity index is -0.000000131. The van der Waals surface area contributed by atoms with Crippen molar-refractivity contribution < 1.29 is 51.8 Å². The minimum Gasteiger partial charge on any atom is -0.402 e. The molecule has 0 aromatic carbocycles. The Morgan fingerprint density at radius 3 is 0.929 bits per heavy atom. The molecule has 11 nitrogen and oxygen atoms in total. The fourth-order valence-electron chi connectivity index (χ4n) is 0. The Kier molecular flexibility index (Phi) is 11.5. The Morgan fingerprint density at radius 1 is 0.929 bits per heavy atom. The Bertz CT molecular complexity index is 225. The first-order valence-electron chi connectivity index (χ1n) is 2.26. The third-order valence-electron chi connectivity index (χ3n) is 0.